The first-order valence-electron chi connectivity index (χ1n) is 6.78. The van der Waals surface area contributed by atoms with Crippen molar-refractivity contribution in [1.82, 2.24) is 0 Å². The maximum absolute atomic E-state index is 10.0. The van der Waals surface area contributed by atoms with Crippen LogP contribution in [0.25, 0.3) is 0 Å². The van der Waals surface area contributed by atoms with Crippen LogP contribution in [0.3, 0.4) is 0 Å². The summed E-state index contributed by atoms with van der Waals surface area (Å²) >= 11 is 3.43. The summed E-state index contributed by atoms with van der Waals surface area (Å²) in [6, 6.07) is 13.6. The largest absolute Gasteiger partial charge is 0.506 e. The molecule has 0 fully saturated rings. The lowest BCUT2D eigenvalue weighted by molar-refractivity contribution is 0.477. The molecule has 24 heavy (non-hydrogen) atoms. The van der Waals surface area contributed by atoms with Gasteiger partial charge in [-0.2, -0.15) is 5.26 Å². The van der Waals surface area contributed by atoms with E-state index >= 15 is 0 Å². The van der Waals surface area contributed by atoms with E-state index in [1.807, 2.05) is 24.3 Å². The first-order valence-corrected chi connectivity index (χ1v) is 9.24. The molecule has 0 atom stereocenters. The van der Waals surface area contributed by atoms with Gasteiger partial charge in [-0.05, 0) is 46.3 Å². The summed E-state index contributed by atoms with van der Waals surface area (Å²) < 4.78 is 24.6. The number of nitrogens with one attached hydrogen (secondary N) is 1. The number of phenolic OH excluding ortho intramolecular Hbond substituents is 1. The lowest BCUT2D eigenvalue weighted by Crippen LogP contribution is -2.33. The average molecular weight is 409 g/mol. The third-order valence-corrected chi connectivity index (χ3v) is 5.05. The number of guanidine groups is 1. The molecule has 9 heteroatoms. The Labute approximate surface area is 148 Å². The number of phenols is 1. The fourth-order valence-corrected chi connectivity index (χ4v) is 3.81. The molecule has 0 aliphatic carbocycles. The zero-order valence-corrected chi connectivity index (χ0v) is 14.6. The van der Waals surface area contributed by atoms with E-state index < -0.39 is 10.8 Å². The molecular weight excluding hydrogens is 396 g/mol. The summed E-state index contributed by atoms with van der Waals surface area (Å²) in [7, 11) is -3.16. The number of nitriles is 1. The summed E-state index contributed by atoms with van der Waals surface area (Å²) in [5, 5.41) is 21.7. The number of halogens is 1. The lowest BCUT2D eigenvalue weighted by Gasteiger charge is -2.25. The Kier molecular flexibility index (Phi) is 4.38. The quantitative estimate of drug-likeness (QED) is 0.559. The molecule has 0 aromatic heterocycles. The zero-order chi connectivity index (χ0) is 17.3. The topological polar surface area (TPSA) is 112 Å². The summed E-state index contributed by atoms with van der Waals surface area (Å²) in [5.74, 6) is -0.0243. The Bertz CT molecular complexity index is 866. The standard InChI is InChI=1S/C15H13BrN4O3S/c16-11-3-1-2-4-13(11)20-9-24(22,23)19-15(20)18-12-6-5-10(8-17)7-14(12)21/h1-7,21-23H,9H2,(H,18,19). The van der Waals surface area contributed by atoms with Gasteiger partial charge in [0.2, 0.25) is 5.96 Å². The van der Waals surface area contributed by atoms with Crippen LogP contribution in [-0.2, 0) is 0 Å². The van der Waals surface area contributed by atoms with Gasteiger partial charge in [-0.15, -0.1) is 4.40 Å². The average Bonchev–Trinajstić information content (AvgIpc) is 2.84. The van der Waals surface area contributed by atoms with Crippen LogP contribution >= 0.6 is 26.7 Å². The molecule has 124 valence electrons. The number of anilines is 2. The minimum Gasteiger partial charge on any atom is -0.506 e. The molecule has 0 amide bonds. The van der Waals surface area contributed by atoms with Gasteiger partial charge >= 0.3 is 0 Å². The molecule has 0 saturated heterocycles. The maximum Gasteiger partial charge on any atom is 0.226 e. The van der Waals surface area contributed by atoms with Crippen LogP contribution in [0.1, 0.15) is 5.56 Å². The van der Waals surface area contributed by atoms with Crippen molar-refractivity contribution in [1.29, 1.82) is 5.26 Å². The number of hydrogen-bond donors (Lipinski definition) is 4. The highest BCUT2D eigenvalue weighted by Crippen LogP contribution is 2.48. The minimum absolute atomic E-state index is 0.0883. The van der Waals surface area contributed by atoms with Crippen molar-refractivity contribution in [2.45, 2.75) is 0 Å². The van der Waals surface area contributed by atoms with Crippen molar-refractivity contribution in [3.05, 3.63) is 52.5 Å². The van der Waals surface area contributed by atoms with Crippen molar-refractivity contribution in [2.75, 3.05) is 16.1 Å². The number of nitrogens with zero attached hydrogens (tertiary/aromatic N) is 3. The van der Waals surface area contributed by atoms with Crippen LogP contribution in [0, 0.1) is 11.3 Å². The number of benzene rings is 2. The molecule has 0 unspecified atom stereocenters. The predicted octanol–water partition coefficient (Wildman–Crippen LogP) is 3.94. The second kappa shape index (κ2) is 6.33. The summed E-state index contributed by atoms with van der Waals surface area (Å²) in [5.41, 5.74) is 1.33. The summed E-state index contributed by atoms with van der Waals surface area (Å²) in [6.45, 7) is 0. The highest BCUT2D eigenvalue weighted by atomic mass is 79.9. The van der Waals surface area contributed by atoms with Crippen LogP contribution in [0.15, 0.2) is 51.3 Å². The van der Waals surface area contributed by atoms with Crippen LogP contribution in [0.4, 0.5) is 11.4 Å². The fraction of sp³-hybridized carbons (Fsp3) is 0.0667. The van der Waals surface area contributed by atoms with Gasteiger partial charge in [0, 0.05) is 4.47 Å². The lowest BCUT2D eigenvalue weighted by atomic mass is 10.2. The fourth-order valence-electron chi connectivity index (χ4n) is 2.22. The van der Waals surface area contributed by atoms with Gasteiger partial charge in [0.15, 0.2) is 0 Å². The van der Waals surface area contributed by atoms with Crippen molar-refractivity contribution >= 4 is 44.0 Å². The number of aromatic hydroxyl groups is 1. The van der Waals surface area contributed by atoms with E-state index in [0.29, 0.717) is 16.9 Å². The van der Waals surface area contributed by atoms with E-state index in [1.54, 1.807) is 17.0 Å². The third kappa shape index (κ3) is 3.32. The Balaban J connectivity index is 1.95. The molecule has 0 spiro atoms. The van der Waals surface area contributed by atoms with Gasteiger partial charge in [0.1, 0.15) is 11.6 Å². The first kappa shape index (κ1) is 16.6. The predicted molar refractivity (Wildman–Crippen MR) is 98.2 cm³/mol. The summed E-state index contributed by atoms with van der Waals surface area (Å²) in [4.78, 5) is 1.61. The van der Waals surface area contributed by atoms with Gasteiger partial charge in [0.25, 0.3) is 0 Å². The van der Waals surface area contributed by atoms with Gasteiger partial charge < -0.3 is 10.4 Å². The van der Waals surface area contributed by atoms with E-state index in [1.165, 1.54) is 12.1 Å². The molecule has 1 aliphatic rings. The molecule has 0 saturated carbocycles. The molecule has 7 nitrogen and oxygen atoms in total. The third-order valence-electron chi connectivity index (χ3n) is 3.31. The van der Waals surface area contributed by atoms with E-state index in [9.17, 15) is 14.2 Å². The van der Waals surface area contributed by atoms with E-state index in [-0.39, 0.29) is 17.6 Å². The molecule has 1 heterocycles. The van der Waals surface area contributed by atoms with Crippen LogP contribution in [0.5, 0.6) is 5.75 Å². The number of para-hydroxylation sites is 1. The van der Waals surface area contributed by atoms with Crippen LogP contribution < -0.4 is 10.2 Å². The van der Waals surface area contributed by atoms with Gasteiger partial charge in [-0.25, -0.2) is 0 Å². The normalized spacial score (nSPS) is 17.1. The zero-order valence-electron chi connectivity index (χ0n) is 12.2. The number of hydrogen-bond acceptors (Lipinski definition) is 7. The Hall–Kier alpha value is -2.25. The van der Waals surface area contributed by atoms with Crippen molar-refractivity contribution in [3.63, 3.8) is 0 Å². The van der Waals surface area contributed by atoms with Crippen molar-refractivity contribution in [2.24, 2.45) is 4.40 Å². The smallest absolute Gasteiger partial charge is 0.226 e. The summed E-state index contributed by atoms with van der Waals surface area (Å²) in [6.07, 6.45) is 0. The van der Waals surface area contributed by atoms with Crippen LogP contribution in [0.2, 0.25) is 0 Å². The van der Waals surface area contributed by atoms with Gasteiger partial charge in [-0.3, -0.25) is 14.0 Å². The Morgan fingerprint density at radius 2 is 2.00 bits per heavy atom. The minimum atomic E-state index is -3.16. The first-order chi connectivity index (χ1) is 11.4. The Morgan fingerprint density at radius 1 is 1.25 bits per heavy atom. The SMILES string of the molecule is N#Cc1ccc(NC2=NS(O)(O)CN2c2ccccc2Br)c(O)c1. The van der Waals surface area contributed by atoms with E-state index in [0.717, 1.165) is 4.47 Å². The van der Waals surface area contributed by atoms with Gasteiger partial charge in [0.05, 0.1) is 23.0 Å². The molecule has 0 radical (unpaired) electrons. The molecule has 1 aliphatic heterocycles. The molecule has 4 N–H and O–H groups in total. The molecule has 2 aromatic rings. The van der Waals surface area contributed by atoms with Crippen molar-refractivity contribution in [3.8, 4) is 11.8 Å². The Morgan fingerprint density at radius 3 is 2.67 bits per heavy atom. The van der Waals surface area contributed by atoms with Crippen molar-refractivity contribution < 1.29 is 14.2 Å². The number of rotatable bonds is 2. The maximum atomic E-state index is 10.0. The molecular formula is C15H13BrN4O3S. The molecule has 2 aromatic carbocycles. The molecule has 3 rings (SSSR count). The second-order valence-corrected chi connectivity index (χ2v) is 7.58. The second-order valence-electron chi connectivity index (χ2n) is 5.02. The highest BCUT2D eigenvalue weighted by Gasteiger charge is 2.31. The molecule has 0 bridgehead atoms. The van der Waals surface area contributed by atoms with E-state index in [4.69, 9.17) is 5.26 Å². The monoisotopic (exact) mass is 408 g/mol. The highest BCUT2D eigenvalue weighted by molar-refractivity contribution is 9.10. The van der Waals surface area contributed by atoms with E-state index in [2.05, 4.69) is 25.6 Å². The van der Waals surface area contributed by atoms with Crippen LogP contribution in [-0.4, -0.2) is 26.0 Å². The van der Waals surface area contributed by atoms with Gasteiger partial charge in [-0.1, -0.05) is 22.9 Å².